The number of hydrogen-bond acceptors (Lipinski definition) is 5. The van der Waals surface area contributed by atoms with Crippen LogP contribution < -0.4 is 14.2 Å². The molecule has 0 amide bonds. The first-order valence-electron chi connectivity index (χ1n) is 7.21. The second kappa shape index (κ2) is 6.70. The highest BCUT2D eigenvalue weighted by Crippen LogP contribution is 2.49. The number of unbranched alkanes of at least 4 members (excludes halogenated alkanes) is 2. The Morgan fingerprint density at radius 3 is 2.38 bits per heavy atom. The summed E-state index contributed by atoms with van der Waals surface area (Å²) in [6.45, 7) is 2.14. The van der Waals surface area contributed by atoms with Crippen molar-refractivity contribution in [2.24, 2.45) is 0 Å². The Kier molecular flexibility index (Phi) is 4.94. The predicted octanol–water partition coefficient (Wildman–Crippen LogP) is 3.50. The van der Waals surface area contributed by atoms with Gasteiger partial charge in [-0.1, -0.05) is 19.8 Å². The second-order valence-corrected chi connectivity index (χ2v) is 5.00. The fourth-order valence-corrected chi connectivity index (χ4v) is 2.70. The van der Waals surface area contributed by atoms with Crippen molar-refractivity contribution < 1.29 is 23.7 Å². The summed E-state index contributed by atoms with van der Waals surface area (Å²) in [6.07, 6.45) is 3.76. The summed E-state index contributed by atoms with van der Waals surface area (Å²) in [5.74, 6) is 1.17. The van der Waals surface area contributed by atoms with Gasteiger partial charge in [0.25, 0.3) is 0 Å². The van der Waals surface area contributed by atoms with Crippen LogP contribution in [0.2, 0.25) is 0 Å². The van der Waals surface area contributed by atoms with Gasteiger partial charge < -0.3 is 18.9 Å². The molecule has 5 heteroatoms. The monoisotopic (exact) mass is 294 g/mol. The van der Waals surface area contributed by atoms with Gasteiger partial charge in [0, 0.05) is 0 Å². The van der Waals surface area contributed by atoms with E-state index < -0.39 is 0 Å². The van der Waals surface area contributed by atoms with Crippen LogP contribution in [0.25, 0.3) is 0 Å². The van der Waals surface area contributed by atoms with E-state index in [2.05, 4.69) is 6.92 Å². The summed E-state index contributed by atoms with van der Waals surface area (Å²) in [6, 6.07) is 1.67. The summed E-state index contributed by atoms with van der Waals surface area (Å²) >= 11 is 0. The molecule has 1 aliphatic heterocycles. The van der Waals surface area contributed by atoms with Crippen molar-refractivity contribution in [3.05, 3.63) is 17.2 Å². The lowest BCUT2D eigenvalue weighted by Gasteiger charge is -2.17. The first kappa shape index (κ1) is 15.5. The molecule has 0 aliphatic carbocycles. The van der Waals surface area contributed by atoms with Gasteiger partial charge in [0.2, 0.25) is 5.75 Å². The van der Waals surface area contributed by atoms with E-state index in [-0.39, 0.29) is 12.1 Å². The van der Waals surface area contributed by atoms with Gasteiger partial charge in [-0.15, -0.1) is 0 Å². The third-order valence-corrected chi connectivity index (χ3v) is 3.73. The maximum Gasteiger partial charge on any atom is 0.339 e. The van der Waals surface area contributed by atoms with Crippen LogP contribution in [0.5, 0.6) is 17.2 Å². The fraction of sp³-hybridized carbons (Fsp3) is 0.562. The Morgan fingerprint density at radius 2 is 1.81 bits per heavy atom. The normalized spacial score (nSPS) is 16.4. The number of ether oxygens (including phenoxy) is 4. The van der Waals surface area contributed by atoms with E-state index in [0.717, 1.165) is 31.2 Å². The SMILES string of the molecule is CCCCCC1OC(=O)c2cc(OC)c(OC)c(OC)c21. The number of rotatable bonds is 7. The highest BCUT2D eigenvalue weighted by molar-refractivity contribution is 5.96. The molecule has 1 atom stereocenters. The number of methoxy groups -OCH3 is 3. The van der Waals surface area contributed by atoms with Gasteiger partial charge in [-0.2, -0.15) is 0 Å². The van der Waals surface area contributed by atoms with E-state index in [1.54, 1.807) is 20.3 Å². The van der Waals surface area contributed by atoms with Crippen LogP contribution >= 0.6 is 0 Å². The van der Waals surface area contributed by atoms with Crippen molar-refractivity contribution in [3.8, 4) is 17.2 Å². The minimum absolute atomic E-state index is 0.270. The van der Waals surface area contributed by atoms with Crippen molar-refractivity contribution >= 4 is 5.97 Å². The zero-order valence-electron chi connectivity index (χ0n) is 13.0. The highest BCUT2D eigenvalue weighted by Gasteiger charge is 2.37. The van der Waals surface area contributed by atoms with E-state index >= 15 is 0 Å². The molecule has 0 bridgehead atoms. The van der Waals surface area contributed by atoms with E-state index in [1.807, 2.05) is 0 Å². The quantitative estimate of drug-likeness (QED) is 0.569. The third-order valence-electron chi connectivity index (χ3n) is 3.73. The standard InChI is InChI=1S/C16H22O5/c1-5-6-7-8-11-13-10(16(17)21-11)9-12(18-2)14(19-3)15(13)20-4/h9,11H,5-8H2,1-4H3. The van der Waals surface area contributed by atoms with Crippen molar-refractivity contribution in [1.29, 1.82) is 0 Å². The Balaban J connectivity index is 2.45. The van der Waals surface area contributed by atoms with Crippen LogP contribution in [0.15, 0.2) is 6.07 Å². The zero-order chi connectivity index (χ0) is 15.4. The number of benzene rings is 1. The molecule has 1 heterocycles. The lowest BCUT2D eigenvalue weighted by Crippen LogP contribution is -2.03. The number of cyclic esters (lactones) is 1. The maximum absolute atomic E-state index is 12.1. The summed E-state index contributed by atoms with van der Waals surface area (Å²) < 4.78 is 21.6. The summed E-state index contributed by atoms with van der Waals surface area (Å²) in [5, 5.41) is 0. The number of esters is 1. The molecule has 0 N–H and O–H groups in total. The number of carbonyl (C=O) groups is 1. The van der Waals surface area contributed by atoms with Crippen LogP contribution in [-0.2, 0) is 4.74 Å². The molecule has 1 aromatic carbocycles. The maximum atomic E-state index is 12.1. The Bertz CT molecular complexity index is 524. The molecule has 1 aromatic rings. The van der Waals surface area contributed by atoms with E-state index in [1.165, 1.54) is 7.11 Å². The largest absolute Gasteiger partial charge is 0.493 e. The van der Waals surface area contributed by atoms with Crippen molar-refractivity contribution in [1.82, 2.24) is 0 Å². The van der Waals surface area contributed by atoms with E-state index in [4.69, 9.17) is 18.9 Å². The number of hydrogen-bond donors (Lipinski definition) is 0. The van der Waals surface area contributed by atoms with Crippen molar-refractivity contribution in [3.63, 3.8) is 0 Å². The Morgan fingerprint density at radius 1 is 1.10 bits per heavy atom. The molecular formula is C16H22O5. The van der Waals surface area contributed by atoms with Crippen LogP contribution in [0, 0.1) is 0 Å². The summed E-state index contributed by atoms with van der Waals surface area (Å²) in [7, 11) is 4.64. The first-order valence-corrected chi connectivity index (χ1v) is 7.21. The first-order chi connectivity index (χ1) is 10.2. The molecule has 2 rings (SSSR count). The lowest BCUT2D eigenvalue weighted by molar-refractivity contribution is 0.0360. The predicted molar refractivity (Wildman–Crippen MR) is 78.4 cm³/mol. The molecule has 0 saturated carbocycles. The van der Waals surface area contributed by atoms with Gasteiger partial charge in [0.1, 0.15) is 6.10 Å². The lowest BCUT2D eigenvalue weighted by atomic mass is 9.98. The third kappa shape index (κ3) is 2.77. The van der Waals surface area contributed by atoms with Crippen LogP contribution in [-0.4, -0.2) is 27.3 Å². The Hall–Kier alpha value is -1.91. The molecule has 0 spiro atoms. The minimum Gasteiger partial charge on any atom is -0.493 e. The minimum atomic E-state index is -0.328. The van der Waals surface area contributed by atoms with Crippen LogP contribution in [0.3, 0.4) is 0 Å². The molecule has 116 valence electrons. The Labute approximate surface area is 125 Å². The molecule has 0 aromatic heterocycles. The molecule has 21 heavy (non-hydrogen) atoms. The van der Waals surface area contributed by atoms with Crippen LogP contribution in [0.1, 0.15) is 54.6 Å². The van der Waals surface area contributed by atoms with Crippen molar-refractivity contribution in [2.45, 2.75) is 38.7 Å². The molecule has 0 fully saturated rings. The van der Waals surface area contributed by atoms with E-state index in [0.29, 0.717) is 22.8 Å². The fourth-order valence-electron chi connectivity index (χ4n) is 2.70. The summed E-state index contributed by atoms with van der Waals surface area (Å²) in [5.41, 5.74) is 1.28. The second-order valence-electron chi connectivity index (χ2n) is 5.00. The van der Waals surface area contributed by atoms with Gasteiger partial charge >= 0.3 is 5.97 Å². The average molecular weight is 294 g/mol. The zero-order valence-corrected chi connectivity index (χ0v) is 13.0. The van der Waals surface area contributed by atoms with E-state index in [9.17, 15) is 4.79 Å². The molecular weight excluding hydrogens is 272 g/mol. The van der Waals surface area contributed by atoms with Gasteiger partial charge in [0.05, 0.1) is 32.5 Å². The van der Waals surface area contributed by atoms with Gasteiger partial charge in [0.15, 0.2) is 11.5 Å². The molecule has 5 nitrogen and oxygen atoms in total. The molecule has 0 radical (unpaired) electrons. The molecule has 0 saturated heterocycles. The van der Waals surface area contributed by atoms with Crippen LogP contribution in [0.4, 0.5) is 0 Å². The van der Waals surface area contributed by atoms with Crippen molar-refractivity contribution in [2.75, 3.05) is 21.3 Å². The van der Waals surface area contributed by atoms with Gasteiger partial charge in [-0.25, -0.2) is 4.79 Å². The topological polar surface area (TPSA) is 54.0 Å². The molecule has 1 unspecified atom stereocenters. The highest BCUT2D eigenvalue weighted by atomic mass is 16.6. The van der Waals surface area contributed by atoms with Gasteiger partial charge in [-0.3, -0.25) is 0 Å². The van der Waals surface area contributed by atoms with Gasteiger partial charge in [-0.05, 0) is 18.9 Å². The molecule has 1 aliphatic rings. The smallest absolute Gasteiger partial charge is 0.339 e. The number of fused-ring (bicyclic) bond motifs is 1. The number of carbonyl (C=O) groups excluding carboxylic acids is 1. The average Bonchev–Trinajstić information content (AvgIpc) is 2.81. The summed E-state index contributed by atoms with van der Waals surface area (Å²) in [4.78, 5) is 12.1.